The summed E-state index contributed by atoms with van der Waals surface area (Å²) in [5.41, 5.74) is 13.6. The maximum absolute atomic E-state index is 13.1. The molecule has 2 aliphatic heterocycles. The Morgan fingerprint density at radius 1 is 0.444 bits per heavy atom. The molecule has 362 valence electrons. The number of aromatic nitrogens is 4. The molecule has 3 aromatic heterocycles. The topological polar surface area (TPSA) is 210 Å². The van der Waals surface area contributed by atoms with Crippen LogP contribution >= 0.6 is 0 Å². The lowest BCUT2D eigenvalue weighted by molar-refractivity contribution is 0.0863. The Hall–Kier alpha value is -8.60. The number of carbonyl (C=O) groups excluding carboxylic acids is 4. The van der Waals surface area contributed by atoms with Gasteiger partial charge >= 0.3 is 0 Å². The molecular weight excluding hydrogens is 911 g/mol. The number of aromatic amines is 2. The predicted molar refractivity (Wildman–Crippen MR) is 280 cm³/mol. The monoisotopic (exact) mass is 961 g/mol. The summed E-state index contributed by atoms with van der Waals surface area (Å²) >= 11 is 0. The van der Waals surface area contributed by atoms with Crippen LogP contribution in [0.4, 0.5) is 0 Å². The van der Waals surface area contributed by atoms with Gasteiger partial charge in [0.1, 0.15) is 13.5 Å². The SMILES string of the molecule is COCCC(=O)c1ccc(-c2c3nc(c(-c4ccc(C(=O)NCOC)cc4)c4ccc([nH]4)c(-c4ccc(C(=O)NCOC)cc4)c4nc(c(-c5ccc(C(=O)NCCO)cc5)c5ccc2[nH]5)C=C4)C=C3)cc1. The van der Waals surface area contributed by atoms with Crippen LogP contribution in [0.1, 0.15) is 70.6 Å². The standard InChI is InChI=1S/C57H51N7O8/c1-70-31-28-50(66)34-4-6-35(7-5-34)51-42-20-22-44(61-42)52(36-8-14-39(15-9-36)55(67)58-29-30-65)45-24-25-48(63-45)54(38-12-18-41(19-13-38)57(69)60-33-72-3)49-27-26-47(64-49)53(46-23-21-43(51)62-46)37-10-16-40(17-11-37)56(68)59-32-71-2/h4-27,61,64-65H,28-33H2,1-3H3,(H,58,67)(H,59,68)(H,60,69). The largest absolute Gasteiger partial charge is 0.395 e. The van der Waals surface area contributed by atoms with Gasteiger partial charge in [-0.25, -0.2) is 9.97 Å². The molecule has 4 aromatic carbocycles. The molecule has 15 nitrogen and oxygen atoms in total. The zero-order valence-corrected chi connectivity index (χ0v) is 39.8. The van der Waals surface area contributed by atoms with Gasteiger partial charge in [0, 0.05) is 101 Å². The van der Waals surface area contributed by atoms with Crippen LogP contribution in [0, 0.1) is 0 Å². The van der Waals surface area contributed by atoms with E-state index < -0.39 is 0 Å². The van der Waals surface area contributed by atoms with Crippen LogP contribution in [-0.2, 0) is 14.2 Å². The molecule has 0 saturated heterocycles. The van der Waals surface area contributed by atoms with Gasteiger partial charge in [-0.3, -0.25) is 19.2 Å². The number of H-pyrrole nitrogens is 2. The zero-order chi connectivity index (χ0) is 50.1. The lowest BCUT2D eigenvalue weighted by atomic mass is 10.00. The van der Waals surface area contributed by atoms with Crippen molar-refractivity contribution in [2.75, 3.05) is 54.5 Å². The van der Waals surface area contributed by atoms with Crippen LogP contribution < -0.4 is 16.0 Å². The van der Waals surface area contributed by atoms with E-state index in [2.05, 4.69) is 25.9 Å². The number of benzene rings is 4. The van der Waals surface area contributed by atoms with Gasteiger partial charge in [0.05, 0.1) is 36.0 Å². The van der Waals surface area contributed by atoms with E-state index in [1.807, 2.05) is 109 Å². The average molecular weight is 962 g/mol. The Labute approximate surface area is 414 Å². The second-order valence-electron chi connectivity index (χ2n) is 16.8. The van der Waals surface area contributed by atoms with Crippen LogP contribution in [0.2, 0.25) is 0 Å². The molecule has 0 spiro atoms. The van der Waals surface area contributed by atoms with Crippen molar-refractivity contribution in [3.8, 4) is 44.5 Å². The third kappa shape index (κ3) is 10.3. The van der Waals surface area contributed by atoms with E-state index in [0.717, 1.165) is 66.6 Å². The first-order valence-electron chi connectivity index (χ1n) is 23.2. The molecule has 9 rings (SSSR count). The number of nitrogens with one attached hydrogen (secondary N) is 5. The first-order chi connectivity index (χ1) is 35.2. The number of carbonyl (C=O) groups is 4. The number of rotatable bonds is 17. The Morgan fingerprint density at radius 3 is 1.07 bits per heavy atom. The van der Waals surface area contributed by atoms with Crippen molar-refractivity contribution in [1.29, 1.82) is 0 Å². The fraction of sp³-hybridized carbons (Fsp3) is 0.158. The highest BCUT2D eigenvalue weighted by Crippen LogP contribution is 2.39. The van der Waals surface area contributed by atoms with Gasteiger partial charge in [-0.2, -0.15) is 0 Å². The summed E-state index contributed by atoms with van der Waals surface area (Å²) in [6.45, 7) is 0.396. The summed E-state index contributed by atoms with van der Waals surface area (Å²) in [7, 11) is 4.59. The molecule has 0 radical (unpaired) electrons. The quantitative estimate of drug-likeness (QED) is 0.0377. The third-order valence-electron chi connectivity index (χ3n) is 12.2. The zero-order valence-electron chi connectivity index (χ0n) is 39.8. The number of Topliss-reactive ketones (excluding diaryl/α,β-unsaturated/α-hetero) is 1. The highest BCUT2D eigenvalue weighted by atomic mass is 16.5. The minimum Gasteiger partial charge on any atom is -0.395 e. The van der Waals surface area contributed by atoms with Gasteiger partial charge in [-0.1, -0.05) is 60.7 Å². The smallest absolute Gasteiger partial charge is 0.253 e. The average Bonchev–Trinajstić information content (AvgIpc) is 4.28. The third-order valence-corrected chi connectivity index (χ3v) is 12.2. The number of aliphatic hydroxyl groups is 1. The predicted octanol–water partition coefficient (Wildman–Crippen LogP) is 8.93. The van der Waals surface area contributed by atoms with Crippen LogP contribution in [0.25, 0.3) is 90.9 Å². The van der Waals surface area contributed by atoms with E-state index in [-0.39, 0.29) is 56.5 Å². The fourth-order valence-electron chi connectivity index (χ4n) is 8.70. The molecule has 0 atom stereocenters. The number of fused-ring (bicyclic) bond motifs is 8. The van der Waals surface area contributed by atoms with Crippen molar-refractivity contribution in [1.82, 2.24) is 35.9 Å². The van der Waals surface area contributed by atoms with Crippen molar-refractivity contribution in [2.24, 2.45) is 0 Å². The first-order valence-corrected chi connectivity index (χ1v) is 23.2. The molecule has 0 aliphatic carbocycles. The van der Waals surface area contributed by atoms with Crippen molar-refractivity contribution in [2.45, 2.75) is 6.42 Å². The van der Waals surface area contributed by atoms with Crippen molar-refractivity contribution in [3.63, 3.8) is 0 Å². The van der Waals surface area contributed by atoms with Crippen LogP contribution in [0.15, 0.2) is 121 Å². The summed E-state index contributed by atoms with van der Waals surface area (Å²) in [6, 6.07) is 37.2. The van der Waals surface area contributed by atoms with Crippen LogP contribution in [0.3, 0.4) is 0 Å². The van der Waals surface area contributed by atoms with E-state index >= 15 is 0 Å². The van der Waals surface area contributed by atoms with Gasteiger partial charge in [0.25, 0.3) is 17.7 Å². The Bertz CT molecular complexity index is 2970. The molecule has 7 aromatic rings. The van der Waals surface area contributed by atoms with E-state index in [1.54, 1.807) is 43.5 Å². The number of methoxy groups -OCH3 is 3. The molecule has 8 bridgehead atoms. The van der Waals surface area contributed by atoms with Gasteiger partial charge in [0.2, 0.25) is 0 Å². The minimum absolute atomic E-state index is 0.0329. The molecule has 72 heavy (non-hydrogen) atoms. The summed E-state index contributed by atoms with van der Waals surface area (Å²) in [5.74, 6) is -0.900. The summed E-state index contributed by atoms with van der Waals surface area (Å²) in [5, 5.41) is 17.5. The van der Waals surface area contributed by atoms with Crippen molar-refractivity contribution < 1.29 is 38.5 Å². The number of ketones is 1. The van der Waals surface area contributed by atoms with E-state index in [1.165, 1.54) is 14.2 Å². The normalized spacial score (nSPS) is 11.7. The Kier molecular flexibility index (Phi) is 14.8. The number of amides is 3. The summed E-state index contributed by atoms with van der Waals surface area (Å²) in [4.78, 5) is 70.1. The molecule has 2 aliphatic rings. The molecule has 5 heterocycles. The second kappa shape index (κ2) is 22.0. The Morgan fingerprint density at radius 2 is 0.764 bits per heavy atom. The fourth-order valence-corrected chi connectivity index (χ4v) is 8.70. The van der Waals surface area contributed by atoms with E-state index in [4.69, 9.17) is 24.2 Å². The maximum atomic E-state index is 13.1. The highest BCUT2D eigenvalue weighted by Gasteiger charge is 2.21. The van der Waals surface area contributed by atoms with E-state index in [0.29, 0.717) is 51.6 Å². The molecular formula is C57H51N7O8. The Balaban J connectivity index is 1.34. The molecule has 15 heteroatoms. The molecule has 0 unspecified atom stereocenters. The van der Waals surface area contributed by atoms with Gasteiger partial charge in [-0.15, -0.1) is 0 Å². The lowest BCUT2D eigenvalue weighted by Crippen LogP contribution is -2.26. The maximum Gasteiger partial charge on any atom is 0.253 e. The number of aliphatic hydroxyl groups excluding tert-OH is 1. The van der Waals surface area contributed by atoms with Crippen molar-refractivity contribution >= 4 is 69.9 Å². The van der Waals surface area contributed by atoms with E-state index in [9.17, 15) is 24.3 Å². The van der Waals surface area contributed by atoms with Gasteiger partial charge in [-0.05, 0) is 107 Å². The summed E-state index contributed by atoms with van der Waals surface area (Å²) in [6.07, 6.45) is 8.10. The van der Waals surface area contributed by atoms with Crippen LogP contribution in [-0.4, -0.2) is 103 Å². The van der Waals surface area contributed by atoms with Crippen molar-refractivity contribution in [3.05, 3.63) is 166 Å². The lowest BCUT2D eigenvalue weighted by Gasteiger charge is -2.09. The molecule has 0 saturated carbocycles. The van der Waals surface area contributed by atoms with Crippen LogP contribution in [0.5, 0.6) is 0 Å². The number of ether oxygens (including phenoxy) is 3. The highest BCUT2D eigenvalue weighted by molar-refractivity contribution is 6.03. The first kappa shape index (κ1) is 48.4. The second-order valence-corrected chi connectivity index (χ2v) is 16.8. The molecule has 6 N–H and O–H groups in total. The number of nitrogens with zero attached hydrogens (tertiary/aromatic N) is 2. The molecule has 0 fully saturated rings. The minimum atomic E-state index is -0.309. The van der Waals surface area contributed by atoms with Gasteiger partial charge in [0.15, 0.2) is 5.78 Å². The number of hydrogen-bond donors (Lipinski definition) is 6. The summed E-state index contributed by atoms with van der Waals surface area (Å²) < 4.78 is 15.3. The number of hydrogen-bond acceptors (Lipinski definition) is 10. The van der Waals surface area contributed by atoms with Gasteiger partial charge < -0.3 is 45.2 Å². The molecule has 3 amide bonds.